The second kappa shape index (κ2) is 8.86. The monoisotopic (exact) mass is 341 g/mol. The molecule has 3 amide bonds. The molecular formula is C16H27N3O5. The van der Waals surface area contributed by atoms with E-state index in [0.717, 1.165) is 6.42 Å². The van der Waals surface area contributed by atoms with Gasteiger partial charge in [-0.05, 0) is 13.3 Å². The third-order valence-corrected chi connectivity index (χ3v) is 4.46. The highest BCUT2D eigenvalue weighted by Gasteiger charge is 2.37. The van der Waals surface area contributed by atoms with Crippen molar-refractivity contribution in [2.45, 2.75) is 19.8 Å². The number of hydrogen-bond donors (Lipinski definition) is 0. The van der Waals surface area contributed by atoms with Gasteiger partial charge in [-0.25, -0.2) is 4.79 Å². The number of piperazine rings is 1. The summed E-state index contributed by atoms with van der Waals surface area (Å²) in [4.78, 5) is 41.4. The lowest BCUT2D eigenvalue weighted by Crippen LogP contribution is -2.52. The van der Waals surface area contributed by atoms with Gasteiger partial charge >= 0.3 is 6.09 Å². The number of hydrogen-bond acceptors (Lipinski definition) is 5. The lowest BCUT2D eigenvalue weighted by molar-refractivity contribution is -0.137. The average molecular weight is 341 g/mol. The largest absolute Gasteiger partial charge is 0.450 e. The summed E-state index contributed by atoms with van der Waals surface area (Å²) >= 11 is 0. The van der Waals surface area contributed by atoms with E-state index in [9.17, 15) is 14.4 Å². The number of carbonyl (C=O) groups is 3. The molecule has 136 valence electrons. The highest BCUT2D eigenvalue weighted by Crippen LogP contribution is 2.21. The summed E-state index contributed by atoms with van der Waals surface area (Å²) in [5, 5.41) is 0. The number of rotatable bonds is 6. The topological polar surface area (TPSA) is 79.4 Å². The van der Waals surface area contributed by atoms with Crippen molar-refractivity contribution in [3.8, 4) is 0 Å². The number of likely N-dealkylation sites (tertiary alicyclic amines) is 1. The summed E-state index contributed by atoms with van der Waals surface area (Å²) in [5.74, 6) is -0.218. The molecule has 8 heteroatoms. The van der Waals surface area contributed by atoms with Crippen molar-refractivity contribution in [3.05, 3.63) is 0 Å². The molecule has 0 aromatic carbocycles. The average Bonchev–Trinajstić information content (AvgIpc) is 2.96. The Kier molecular flexibility index (Phi) is 6.84. The van der Waals surface area contributed by atoms with E-state index in [4.69, 9.17) is 9.47 Å². The third-order valence-electron chi connectivity index (χ3n) is 4.46. The van der Waals surface area contributed by atoms with Crippen molar-refractivity contribution in [1.29, 1.82) is 0 Å². The third kappa shape index (κ3) is 4.59. The molecule has 2 fully saturated rings. The Morgan fingerprint density at radius 2 is 1.83 bits per heavy atom. The van der Waals surface area contributed by atoms with Crippen LogP contribution in [0.25, 0.3) is 0 Å². The molecule has 2 heterocycles. The summed E-state index contributed by atoms with van der Waals surface area (Å²) in [6.45, 7) is 5.78. The van der Waals surface area contributed by atoms with Crippen LogP contribution >= 0.6 is 0 Å². The molecule has 2 rings (SSSR count). The van der Waals surface area contributed by atoms with Gasteiger partial charge in [0, 0.05) is 59.4 Å². The highest BCUT2D eigenvalue weighted by atomic mass is 16.6. The first-order chi connectivity index (χ1) is 11.6. The van der Waals surface area contributed by atoms with Gasteiger partial charge in [-0.15, -0.1) is 0 Å². The fraction of sp³-hybridized carbons (Fsp3) is 0.812. The molecule has 0 aliphatic carbocycles. The summed E-state index contributed by atoms with van der Waals surface area (Å²) < 4.78 is 9.97. The van der Waals surface area contributed by atoms with Crippen LogP contribution in [0.15, 0.2) is 0 Å². The van der Waals surface area contributed by atoms with E-state index in [1.54, 1.807) is 28.7 Å². The van der Waals surface area contributed by atoms with E-state index in [1.807, 2.05) is 0 Å². The van der Waals surface area contributed by atoms with Crippen molar-refractivity contribution in [2.75, 3.05) is 59.6 Å². The van der Waals surface area contributed by atoms with Crippen LogP contribution < -0.4 is 0 Å². The fourth-order valence-electron chi connectivity index (χ4n) is 3.14. The molecule has 0 radical (unpaired) electrons. The number of ether oxygens (including phenoxy) is 2. The molecule has 0 spiro atoms. The summed E-state index contributed by atoms with van der Waals surface area (Å²) in [6.07, 6.45) is 0.732. The Hall–Kier alpha value is -1.83. The van der Waals surface area contributed by atoms with Gasteiger partial charge in [0.1, 0.15) is 0 Å². The van der Waals surface area contributed by atoms with E-state index in [2.05, 4.69) is 0 Å². The van der Waals surface area contributed by atoms with E-state index in [1.165, 1.54) is 0 Å². The quantitative estimate of drug-likeness (QED) is 0.644. The van der Waals surface area contributed by atoms with Crippen LogP contribution in [0.5, 0.6) is 0 Å². The van der Waals surface area contributed by atoms with Crippen molar-refractivity contribution in [1.82, 2.24) is 14.7 Å². The maximum Gasteiger partial charge on any atom is 0.409 e. The molecule has 1 unspecified atom stereocenters. The first kappa shape index (κ1) is 18.5. The maximum absolute atomic E-state index is 12.6. The molecule has 0 N–H and O–H groups in total. The van der Waals surface area contributed by atoms with Crippen LogP contribution in [0.2, 0.25) is 0 Å². The van der Waals surface area contributed by atoms with Gasteiger partial charge in [0.15, 0.2) is 0 Å². The fourth-order valence-corrected chi connectivity index (χ4v) is 3.14. The minimum atomic E-state index is -0.329. The van der Waals surface area contributed by atoms with Crippen LogP contribution in [0.4, 0.5) is 4.79 Å². The molecule has 0 bridgehead atoms. The van der Waals surface area contributed by atoms with Crippen molar-refractivity contribution >= 4 is 17.9 Å². The van der Waals surface area contributed by atoms with Gasteiger partial charge < -0.3 is 24.2 Å². The van der Waals surface area contributed by atoms with Crippen LogP contribution in [0.3, 0.4) is 0 Å². The van der Waals surface area contributed by atoms with Crippen LogP contribution in [-0.4, -0.2) is 92.2 Å². The minimum Gasteiger partial charge on any atom is -0.450 e. The predicted octanol–water partition coefficient (Wildman–Crippen LogP) is 0.172. The number of nitrogens with zero attached hydrogens (tertiary/aromatic N) is 3. The molecule has 2 aliphatic rings. The molecule has 0 aromatic rings. The normalized spacial score (nSPS) is 21.3. The zero-order valence-electron chi connectivity index (χ0n) is 14.5. The number of amides is 3. The Labute approximate surface area is 142 Å². The first-order valence-corrected chi connectivity index (χ1v) is 8.54. The second-order valence-electron chi connectivity index (χ2n) is 6.10. The van der Waals surface area contributed by atoms with Crippen LogP contribution in [0, 0.1) is 5.92 Å². The van der Waals surface area contributed by atoms with Gasteiger partial charge in [-0.1, -0.05) is 0 Å². The molecule has 1 atom stereocenters. The smallest absolute Gasteiger partial charge is 0.409 e. The Balaban J connectivity index is 1.79. The van der Waals surface area contributed by atoms with Crippen molar-refractivity contribution in [3.63, 3.8) is 0 Å². The van der Waals surface area contributed by atoms with Gasteiger partial charge in [0.25, 0.3) is 0 Å². The Morgan fingerprint density at radius 1 is 1.17 bits per heavy atom. The van der Waals surface area contributed by atoms with E-state index in [-0.39, 0.29) is 30.2 Å². The Morgan fingerprint density at radius 3 is 2.46 bits per heavy atom. The summed E-state index contributed by atoms with van der Waals surface area (Å²) in [5.41, 5.74) is 0. The van der Waals surface area contributed by atoms with E-state index >= 15 is 0 Å². The van der Waals surface area contributed by atoms with Gasteiger partial charge in [-0.2, -0.15) is 0 Å². The van der Waals surface area contributed by atoms with Gasteiger partial charge in [0.2, 0.25) is 11.8 Å². The van der Waals surface area contributed by atoms with E-state index < -0.39 is 0 Å². The van der Waals surface area contributed by atoms with Crippen molar-refractivity contribution < 1.29 is 23.9 Å². The molecular weight excluding hydrogens is 314 g/mol. The number of methoxy groups -OCH3 is 1. The predicted molar refractivity (Wildman–Crippen MR) is 86.4 cm³/mol. The first-order valence-electron chi connectivity index (χ1n) is 8.54. The van der Waals surface area contributed by atoms with Crippen LogP contribution in [-0.2, 0) is 19.1 Å². The molecule has 8 nitrogen and oxygen atoms in total. The molecule has 2 saturated heterocycles. The maximum atomic E-state index is 12.6. The lowest BCUT2D eigenvalue weighted by atomic mass is 10.1. The highest BCUT2D eigenvalue weighted by molar-refractivity contribution is 5.89. The zero-order valence-corrected chi connectivity index (χ0v) is 14.5. The molecule has 0 aromatic heterocycles. The molecule has 2 aliphatic heterocycles. The second-order valence-corrected chi connectivity index (χ2v) is 6.10. The van der Waals surface area contributed by atoms with Gasteiger partial charge in [0.05, 0.1) is 12.5 Å². The van der Waals surface area contributed by atoms with E-state index in [0.29, 0.717) is 52.5 Å². The lowest BCUT2D eigenvalue weighted by Gasteiger charge is -2.35. The van der Waals surface area contributed by atoms with Crippen molar-refractivity contribution in [2.24, 2.45) is 5.92 Å². The minimum absolute atomic E-state index is 0.0149. The standard InChI is InChI=1S/C16H27N3O5/c1-3-24-16(22)18-8-6-17(7-9-18)15(21)13-11-14(20)19(12-13)5-4-10-23-2/h13H,3-12H2,1-2H3. The van der Waals surface area contributed by atoms with Gasteiger partial charge in [-0.3, -0.25) is 9.59 Å². The SMILES string of the molecule is CCOC(=O)N1CCN(C(=O)C2CC(=O)N(CCCOC)C2)CC1. The summed E-state index contributed by atoms with van der Waals surface area (Å²) in [7, 11) is 1.63. The zero-order chi connectivity index (χ0) is 17.5. The van der Waals surface area contributed by atoms with Crippen LogP contribution in [0.1, 0.15) is 19.8 Å². The Bertz CT molecular complexity index is 463. The summed E-state index contributed by atoms with van der Waals surface area (Å²) in [6, 6.07) is 0. The number of carbonyl (C=O) groups excluding carboxylic acids is 3. The molecule has 0 saturated carbocycles. The molecule has 24 heavy (non-hydrogen) atoms.